The number of urea groups is 1. The number of anilines is 1. The number of rotatable bonds is 1. The van der Waals surface area contributed by atoms with Crippen molar-refractivity contribution in [2.24, 2.45) is 0 Å². The van der Waals surface area contributed by atoms with Crippen LogP contribution in [0.15, 0.2) is 6.07 Å². The summed E-state index contributed by atoms with van der Waals surface area (Å²) < 4.78 is 0. The van der Waals surface area contributed by atoms with Crippen LogP contribution in [0, 0.1) is 0 Å². The summed E-state index contributed by atoms with van der Waals surface area (Å²) in [5, 5.41) is 16.2. The first kappa shape index (κ1) is 13.2. The molecule has 0 saturated heterocycles. The van der Waals surface area contributed by atoms with Crippen molar-refractivity contribution >= 4 is 29.6 Å². The van der Waals surface area contributed by atoms with Crippen LogP contribution < -0.4 is 10.6 Å². The summed E-state index contributed by atoms with van der Waals surface area (Å²) >= 11 is 6.15. The van der Waals surface area contributed by atoms with E-state index in [1.807, 2.05) is 0 Å². The van der Waals surface area contributed by atoms with Crippen molar-refractivity contribution in [1.29, 1.82) is 0 Å². The van der Waals surface area contributed by atoms with Gasteiger partial charge in [-0.25, -0.2) is 4.79 Å². The number of nitrogens with one attached hydrogen (secondary N) is 2. The second kappa shape index (κ2) is 4.66. The Hall–Kier alpha value is -1.75. The maximum absolute atomic E-state index is 11.9. The maximum atomic E-state index is 11.9. The number of amides is 2. The van der Waals surface area contributed by atoms with Gasteiger partial charge in [0.05, 0.1) is 21.8 Å². The molecule has 2 aliphatic rings. The van der Waals surface area contributed by atoms with Crippen LogP contribution in [0.5, 0.6) is 5.75 Å². The third-order valence-corrected chi connectivity index (χ3v) is 4.48. The van der Waals surface area contributed by atoms with Gasteiger partial charge < -0.3 is 15.7 Å². The van der Waals surface area contributed by atoms with Crippen LogP contribution >= 0.6 is 11.6 Å². The fourth-order valence-electron chi connectivity index (χ4n) is 3.29. The highest BCUT2D eigenvalue weighted by Crippen LogP contribution is 2.49. The molecule has 6 heteroatoms. The lowest BCUT2D eigenvalue weighted by Crippen LogP contribution is -2.52. The molecule has 106 valence electrons. The smallest absolute Gasteiger partial charge is 0.319 e. The molecule has 3 rings (SSSR count). The first-order valence-corrected chi connectivity index (χ1v) is 7.05. The molecule has 0 radical (unpaired) electrons. The standard InChI is InChI=1S/C14H15ClN2O3/c15-9-6-8(7-18)12(19)10-11(9)16-13(20)17-14(10)4-2-1-3-5-14/h6-7,19H,1-5H2,(H2,16,17,20). The quantitative estimate of drug-likeness (QED) is 0.696. The number of aldehydes is 1. The van der Waals surface area contributed by atoms with E-state index in [0.29, 0.717) is 17.5 Å². The zero-order valence-corrected chi connectivity index (χ0v) is 11.6. The Morgan fingerprint density at radius 2 is 2.00 bits per heavy atom. The van der Waals surface area contributed by atoms with E-state index in [9.17, 15) is 14.7 Å². The molecule has 1 saturated carbocycles. The minimum Gasteiger partial charge on any atom is -0.507 e. The molecule has 0 atom stereocenters. The Bertz CT molecular complexity index is 595. The molecule has 1 aromatic carbocycles. The van der Waals surface area contributed by atoms with Crippen LogP contribution in [0.1, 0.15) is 48.0 Å². The minimum absolute atomic E-state index is 0.0891. The van der Waals surface area contributed by atoms with Gasteiger partial charge in [0.15, 0.2) is 6.29 Å². The fourth-order valence-corrected chi connectivity index (χ4v) is 3.55. The summed E-state index contributed by atoms with van der Waals surface area (Å²) in [7, 11) is 0. The van der Waals surface area contributed by atoms with Crippen molar-refractivity contribution in [2.75, 3.05) is 5.32 Å². The van der Waals surface area contributed by atoms with Gasteiger partial charge in [0, 0.05) is 5.56 Å². The third-order valence-electron chi connectivity index (χ3n) is 4.19. The van der Waals surface area contributed by atoms with E-state index < -0.39 is 5.54 Å². The van der Waals surface area contributed by atoms with Gasteiger partial charge in [-0.2, -0.15) is 0 Å². The van der Waals surface area contributed by atoms with E-state index in [1.165, 1.54) is 6.07 Å². The first-order valence-electron chi connectivity index (χ1n) is 6.68. The minimum atomic E-state index is -0.622. The molecule has 20 heavy (non-hydrogen) atoms. The van der Waals surface area contributed by atoms with Gasteiger partial charge in [0.2, 0.25) is 0 Å². The Morgan fingerprint density at radius 3 is 2.65 bits per heavy atom. The monoisotopic (exact) mass is 294 g/mol. The molecule has 3 N–H and O–H groups in total. The van der Waals surface area contributed by atoms with Gasteiger partial charge in [-0.15, -0.1) is 0 Å². The molecule has 2 amide bonds. The van der Waals surface area contributed by atoms with Crippen LogP contribution in [0.4, 0.5) is 10.5 Å². The van der Waals surface area contributed by atoms with E-state index in [-0.39, 0.29) is 22.4 Å². The number of hydrogen-bond acceptors (Lipinski definition) is 3. The molecule has 1 fully saturated rings. The maximum Gasteiger partial charge on any atom is 0.319 e. The number of phenols is 1. The van der Waals surface area contributed by atoms with Gasteiger partial charge in [0.25, 0.3) is 0 Å². The largest absolute Gasteiger partial charge is 0.507 e. The highest BCUT2D eigenvalue weighted by atomic mass is 35.5. The van der Waals surface area contributed by atoms with Gasteiger partial charge in [-0.3, -0.25) is 4.79 Å². The second-order valence-corrected chi connectivity index (χ2v) is 5.79. The summed E-state index contributed by atoms with van der Waals surface area (Å²) in [6, 6.07) is 1.06. The molecule has 0 aromatic heterocycles. The van der Waals surface area contributed by atoms with E-state index >= 15 is 0 Å². The Labute approximate surface area is 121 Å². The van der Waals surface area contributed by atoms with Crippen LogP contribution in [0.3, 0.4) is 0 Å². The number of phenolic OH excluding ortho intramolecular Hbond substituents is 1. The lowest BCUT2D eigenvalue weighted by molar-refractivity contribution is 0.112. The average Bonchev–Trinajstić information content (AvgIpc) is 2.43. The molecule has 1 aromatic rings. The van der Waals surface area contributed by atoms with Gasteiger partial charge in [-0.1, -0.05) is 30.9 Å². The average molecular weight is 295 g/mol. The fraction of sp³-hybridized carbons (Fsp3) is 0.429. The molecule has 0 bridgehead atoms. The second-order valence-electron chi connectivity index (χ2n) is 5.39. The van der Waals surface area contributed by atoms with E-state index in [2.05, 4.69) is 10.6 Å². The van der Waals surface area contributed by atoms with E-state index in [0.717, 1.165) is 32.1 Å². The van der Waals surface area contributed by atoms with Crippen LogP contribution in [-0.2, 0) is 5.54 Å². The SMILES string of the molecule is O=Cc1cc(Cl)c2c(c1O)C1(CCCCC1)NC(=O)N2. The lowest BCUT2D eigenvalue weighted by atomic mass is 9.74. The zero-order valence-electron chi connectivity index (χ0n) is 10.8. The van der Waals surface area contributed by atoms with Crippen molar-refractivity contribution in [1.82, 2.24) is 5.32 Å². The highest BCUT2D eigenvalue weighted by molar-refractivity contribution is 6.34. The highest BCUT2D eigenvalue weighted by Gasteiger charge is 2.43. The normalized spacial score (nSPS) is 19.9. The molecular weight excluding hydrogens is 280 g/mol. The van der Waals surface area contributed by atoms with Gasteiger partial charge in [-0.05, 0) is 18.9 Å². The number of carbonyl (C=O) groups excluding carboxylic acids is 2. The molecule has 1 heterocycles. The molecule has 1 aliphatic heterocycles. The number of halogens is 1. The Balaban J connectivity index is 2.26. The Kier molecular flexibility index (Phi) is 3.09. The molecule has 1 spiro atoms. The van der Waals surface area contributed by atoms with Crippen molar-refractivity contribution in [2.45, 2.75) is 37.6 Å². The number of fused-ring (bicyclic) bond motifs is 2. The topological polar surface area (TPSA) is 78.4 Å². The third kappa shape index (κ3) is 1.85. The predicted octanol–water partition coefficient (Wildman–Crippen LogP) is 3.15. The number of aromatic hydroxyl groups is 1. The van der Waals surface area contributed by atoms with Gasteiger partial charge in [0.1, 0.15) is 5.75 Å². The van der Waals surface area contributed by atoms with Crippen LogP contribution in [0.25, 0.3) is 0 Å². The van der Waals surface area contributed by atoms with E-state index in [1.54, 1.807) is 0 Å². The molecular formula is C14H15ClN2O3. The van der Waals surface area contributed by atoms with Crippen molar-refractivity contribution in [3.63, 3.8) is 0 Å². The summed E-state index contributed by atoms with van der Waals surface area (Å²) in [5.74, 6) is -0.0891. The number of carbonyl (C=O) groups is 2. The predicted molar refractivity (Wildman–Crippen MR) is 75.4 cm³/mol. The Morgan fingerprint density at radius 1 is 1.30 bits per heavy atom. The van der Waals surface area contributed by atoms with Gasteiger partial charge >= 0.3 is 6.03 Å². The summed E-state index contributed by atoms with van der Waals surface area (Å²) in [5.41, 5.74) is 0.492. The van der Waals surface area contributed by atoms with Crippen molar-refractivity contribution in [3.8, 4) is 5.75 Å². The first-order chi connectivity index (χ1) is 9.57. The number of hydrogen-bond donors (Lipinski definition) is 3. The lowest BCUT2D eigenvalue weighted by Gasteiger charge is -2.43. The summed E-state index contributed by atoms with van der Waals surface area (Å²) in [4.78, 5) is 23.0. The molecule has 1 aliphatic carbocycles. The van der Waals surface area contributed by atoms with Crippen LogP contribution in [-0.4, -0.2) is 17.4 Å². The molecule has 5 nitrogen and oxygen atoms in total. The summed E-state index contributed by atoms with van der Waals surface area (Å²) in [6.45, 7) is 0. The summed E-state index contributed by atoms with van der Waals surface area (Å²) in [6.07, 6.45) is 5.07. The van der Waals surface area contributed by atoms with E-state index in [4.69, 9.17) is 11.6 Å². The molecule has 0 unspecified atom stereocenters. The number of benzene rings is 1. The van der Waals surface area contributed by atoms with Crippen LogP contribution in [0.2, 0.25) is 5.02 Å². The van der Waals surface area contributed by atoms with Crippen molar-refractivity contribution < 1.29 is 14.7 Å². The van der Waals surface area contributed by atoms with Crippen molar-refractivity contribution in [3.05, 3.63) is 22.2 Å². The zero-order chi connectivity index (χ0) is 14.3.